The Bertz CT molecular complexity index is 242. The summed E-state index contributed by atoms with van der Waals surface area (Å²) >= 11 is 0. The molecule has 0 radical (unpaired) electrons. The van der Waals surface area contributed by atoms with Crippen LogP contribution in [0.3, 0.4) is 0 Å². The largest absolute Gasteiger partial charge is 0.314 e. The van der Waals surface area contributed by atoms with Crippen molar-refractivity contribution in [2.75, 3.05) is 6.54 Å². The second-order valence-electron chi connectivity index (χ2n) is 3.42. The third-order valence-electron chi connectivity index (χ3n) is 2.48. The van der Waals surface area contributed by atoms with Crippen molar-refractivity contribution in [3.63, 3.8) is 0 Å². The van der Waals surface area contributed by atoms with E-state index in [9.17, 15) is 0 Å². The summed E-state index contributed by atoms with van der Waals surface area (Å²) in [6.07, 6.45) is 1.32. The van der Waals surface area contributed by atoms with Crippen molar-refractivity contribution in [3.8, 4) is 0 Å². The predicted octanol–water partition coefficient (Wildman–Crippen LogP) is 2.15. The van der Waals surface area contributed by atoms with Crippen molar-refractivity contribution >= 4 is 0 Å². The monoisotopic (exact) mass is 161 g/mol. The summed E-state index contributed by atoms with van der Waals surface area (Å²) in [5, 5.41) is 3.47. The first-order chi connectivity index (χ1) is 5.92. The first-order valence-electron chi connectivity index (χ1n) is 4.70. The van der Waals surface area contributed by atoms with Crippen molar-refractivity contribution < 1.29 is 0 Å². The van der Waals surface area contributed by atoms with Crippen LogP contribution in [0.1, 0.15) is 24.8 Å². The molecule has 1 heteroatoms. The van der Waals surface area contributed by atoms with Gasteiger partial charge in [-0.15, -0.1) is 0 Å². The van der Waals surface area contributed by atoms with Crippen molar-refractivity contribution in [2.45, 2.75) is 25.3 Å². The van der Waals surface area contributed by atoms with Gasteiger partial charge in [0.25, 0.3) is 0 Å². The molecule has 1 saturated carbocycles. The maximum atomic E-state index is 3.47. The fourth-order valence-corrected chi connectivity index (χ4v) is 1.75. The van der Waals surface area contributed by atoms with E-state index in [1.54, 1.807) is 0 Å². The minimum atomic E-state index is 0.748. The van der Waals surface area contributed by atoms with Crippen molar-refractivity contribution in [1.82, 2.24) is 5.32 Å². The van der Waals surface area contributed by atoms with Crippen LogP contribution in [0.2, 0.25) is 0 Å². The van der Waals surface area contributed by atoms with Gasteiger partial charge in [0.2, 0.25) is 0 Å². The molecule has 1 aromatic carbocycles. The summed E-state index contributed by atoms with van der Waals surface area (Å²) in [6, 6.07) is 11.5. The molecule has 1 N–H and O–H groups in total. The Labute approximate surface area is 73.8 Å². The minimum Gasteiger partial charge on any atom is -0.314 e. The maximum Gasteiger partial charge on any atom is 0.0143 e. The lowest BCUT2D eigenvalue weighted by Crippen LogP contribution is -2.16. The molecule has 1 fully saturated rings. The number of hydrogen-bond acceptors (Lipinski definition) is 1. The molecule has 64 valence electrons. The Morgan fingerprint density at radius 1 is 1.33 bits per heavy atom. The molecule has 2 atom stereocenters. The van der Waals surface area contributed by atoms with Crippen molar-refractivity contribution in [2.24, 2.45) is 0 Å². The van der Waals surface area contributed by atoms with Gasteiger partial charge in [-0.1, -0.05) is 37.3 Å². The van der Waals surface area contributed by atoms with Gasteiger partial charge >= 0.3 is 0 Å². The number of rotatable bonds is 3. The SMILES string of the molecule is CCNC1CC1c1ccccc1. The van der Waals surface area contributed by atoms with Gasteiger partial charge in [0, 0.05) is 12.0 Å². The number of benzene rings is 1. The van der Waals surface area contributed by atoms with Crippen LogP contribution in [-0.2, 0) is 0 Å². The molecule has 1 nitrogen and oxygen atoms in total. The number of hydrogen-bond donors (Lipinski definition) is 1. The first kappa shape index (κ1) is 7.81. The van der Waals surface area contributed by atoms with Gasteiger partial charge in [0.1, 0.15) is 0 Å². The predicted molar refractivity (Wildman–Crippen MR) is 51.3 cm³/mol. The fourth-order valence-electron chi connectivity index (χ4n) is 1.75. The zero-order valence-corrected chi connectivity index (χ0v) is 7.46. The summed E-state index contributed by atoms with van der Waals surface area (Å²) in [5.74, 6) is 0.783. The van der Waals surface area contributed by atoms with Crippen LogP contribution >= 0.6 is 0 Å². The molecule has 2 unspecified atom stereocenters. The summed E-state index contributed by atoms with van der Waals surface area (Å²) in [5.41, 5.74) is 1.49. The Morgan fingerprint density at radius 3 is 2.75 bits per heavy atom. The Balaban J connectivity index is 1.97. The van der Waals surface area contributed by atoms with E-state index in [1.165, 1.54) is 12.0 Å². The fraction of sp³-hybridized carbons (Fsp3) is 0.455. The van der Waals surface area contributed by atoms with E-state index in [-0.39, 0.29) is 0 Å². The highest BCUT2D eigenvalue weighted by Gasteiger charge is 2.36. The van der Waals surface area contributed by atoms with Crippen molar-refractivity contribution in [1.29, 1.82) is 0 Å². The molecular formula is C11H15N. The van der Waals surface area contributed by atoms with Crippen LogP contribution < -0.4 is 5.32 Å². The molecule has 0 aromatic heterocycles. The van der Waals surface area contributed by atoms with E-state index in [1.807, 2.05) is 0 Å². The van der Waals surface area contributed by atoms with Gasteiger partial charge < -0.3 is 5.32 Å². The molecule has 1 aliphatic carbocycles. The molecule has 0 aliphatic heterocycles. The highest BCUT2D eigenvalue weighted by atomic mass is 15.0. The highest BCUT2D eigenvalue weighted by Crippen LogP contribution is 2.40. The molecule has 1 aliphatic rings. The quantitative estimate of drug-likeness (QED) is 0.716. The van der Waals surface area contributed by atoms with Crippen LogP contribution in [-0.4, -0.2) is 12.6 Å². The maximum absolute atomic E-state index is 3.47. The summed E-state index contributed by atoms with van der Waals surface area (Å²) < 4.78 is 0. The minimum absolute atomic E-state index is 0.748. The van der Waals surface area contributed by atoms with E-state index in [2.05, 4.69) is 42.6 Å². The topological polar surface area (TPSA) is 12.0 Å². The molecule has 0 bridgehead atoms. The van der Waals surface area contributed by atoms with E-state index < -0.39 is 0 Å². The smallest absolute Gasteiger partial charge is 0.0143 e. The second kappa shape index (κ2) is 3.28. The van der Waals surface area contributed by atoms with Gasteiger partial charge in [-0.3, -0.25) is 0 Å². The van der Waals surface area contributed by atoms with Gasteiger partial charge in [-0.25, -0.2) is 0 Å². The lowest BCUT2D eigenvalue weighted by Gasteiger charge is -1.99. The summed E-state index contributed by atoms with van der Waals surface area (Å²) in [6.45, 7) is 3.26. The molecular weight excluding hydrogens is 146 g/mol. The number of likely N-dealkylation sites (N-methyl/N-ethyl adjacent to an activating group) is 1. The van der Waals surface area contributed by atoms with E-state index in [0.717, 1.165) is 18.5 Å². The van der Waals surface area contributed by atoms with Crippen LogP contribution in [0.15, 0.2) is 30.3 Å². The molecule has 0 amide bonds. The zero-order valence-electron chi connectivity index (χ0n) is 7.46. The Hall–Kier alpha value is -0.820. The second-order valence-corrected chi connectivity index (χ2v) is 3.42. The lowest BCUT2D eigenvalue weighted by atomic mass is 10.1. The molecule has 0 spiro atoms. The summed E-state index contributed by atoms with van der Waals surface area (Å²) in [7, 11) is 0. The molecule has 2 rings (SSSR count). The van der Waals surface area contributed by atoms with Crippen molar-refractivity contribution in [3.05, 3.63) is 35.9 Å². The standard InChI is InChI=1S/C11H15N/c1-2-12-11-8-10(11)9-6-4-3-5-7-9/h3-7,10-12H,2,8H2,1H3. The zero-order chi connectivity index (χ0) is 8.39. The van der Waals surface area contributed by atoms with E-state index in [0.29, 0.717) is 0 Å². The van der Waals surface area contributed by atoms with Gasteiger partial charge in [0.05, 0.1) is 0 Å². The van der Waals surface area contributed by atoms with Gasteiger partial charge in [0.15, 0.2) is 0 Å². The molecule has 0 saturated heterocycles. The van der Waals surface area contributed by atoms with E-state index in [4.69, 9.17) is 0 Å². The van der Waals surface area contributed by atoms with Crippen LogP contribution in [0, 0.1) is 0 Å². The highest BCUT2D eigenvalue weighted by molar-refractivity contribution is 5.27. The van der Waals surface area contributed by atoms with Gasteiger partial charge in [-0.2, -0.15) is 0 Å². The average Bonchev–Trinajstić information content (AvgIpc) is 2.87. The Kier molecular flexibility index (Phi) is 2.13. The Morgan fingerprint density at radius 2 is 2.08 bits per heavy atom. The van der Waals surface area contributed by atoms with Crippen LogP contribution in [0.4, 0.5) is 0 Å². The third kappa shape index (κ3) is 1.51. The molecule has 12 heavy (non-hydrogen) atoms. The third-order valence-corrected chi connectivity index (χ3v) is 2.48. The normalized spacial score (nSPS) is 27.1. The van der Waals surface area contributed by atoms with Gasteiger partial charge in [-0.05, 0) is 18.5 Å². The molecule has 0 heterocycles. The average molecular weight is 161 g/mol. The summed E-state index contributed by atoms with van der Waals surface area (Å²) in [4.78, 5) is 0. The molecule has 1 aromatic rings. The van der Waals surface area contributed by atoms with Crippen LogP contribution in [0.25, 0.3) is 0 Å². The lowest BCUT2D eigenvalue weighted by molar-refractivity contribution is 0.703. The van der Waals surface area contributed by atoms with E-state index >= 15 is 0 Å². The number of nitrogens with one attached hydrogen (secondary N) is 1. The first-order valence-corrected chi connectivity index (χ1v) is 4.70. The van der Waals surface area contributed by atoms with Crippen LogP contribution in [0.5, 0.6) is 0 Å².